The van der Waals surface area contributed by atoms with Crippen LogP contribution in [0, 0.1) is 13.8 Å². The van der Waals surface area contributed by atoms with E-state index in [1.807, 2.05) is 27.7 Å². The molecule has 41 heavy (non-hydrogen) atoms. The number of nitrogens with zero attached hydrogens (tertiary/aromatic N) is 2. The molecule has 220 valence electrons. The van der Waals surface area contributed by atoms with Crippen LogP contribution >= 0.6 is 11.6 Å². The van der Waals surface area contributed by atoms with Gasteiger partial charge in [-0.1, -0.05) is 54.4 Å². The molecule has 0 fully saturated rings. The van der Waals surface area contributed by atoms with Crippen molar-refractivity contribution in [3.05, 3.63) is 88.4 Å². The number of ether oxygens (including phenoxy) is 1. The van der Waals surface area contributed by atoms with E-state index in [0.29, 0.717) is 10.8 Å². The number of benzene rings is 3. The van der Waals surface area contributed by atoms with Gasteiger partial charge in [0.1, 0.15) is 18.3 Å². The summed E-state index contributed by atoms with van der Waals surface area (Å²) < 4.78 is 34.2. The van der Waals surface area contributed by atoms with Crippen LogP contribution in [0.15, 0.2) is 71.6 Å². The highest BCUT2D eigenvalue weighted by molar-refractivity contribution is 7.92. The molecule has 2 atom stereocenters. The Balaban J connectivity index is 2.04. The van der Waals surface area contributed by atoms with Crippen LogP contribution in [0.1, 0.15) is 43.9 Å². The first-order valence-corrected chi connectivity index (χ1v) is 15.3. The molecule has 0 bridgehead atoms. The highest BCUT2D eigenvalue weighted by Gasteiger charge is 2.33. The van der Waals surface area contributed by atoms with Gasteiger partial charge in [-0.25, -0.2) is 8.42 Å². The van der Waals surface area contributed by atoms with Crippen LogP contribution in [0.2, 0.25) is 5.02 Å². The number of aryl methyl sites for hydroxylation is 2. The molecule has 3 aromatic carbocycles. The topological polar surface area (TPSA) is 96.0 Å². The fraction of sp³-hybridized carbons (Fsp3) is 0.355. The van der Waals surface area contributed by atoms with E-state index in [4.69, 9.17) is 16.3 Å². The fourth-order valence-electron chi connectivity index (χ4n) is 4.08. The molecule has 2 amide bonds. The van der Waals surface area contributed by atoms with Crippen molar-refractivity contribution in [1.82, 2.24) is 10.2 Å². The summed E-state index contributed by atoms with van der Waals surface area (Å²) in [6.07, 6.45) is 0.724. The van der Waals surface area contributed by atoms with Gasteiger partial charge in [0.2, 0.25) is 11.8 Å². The van der Waals surface area contributed by atoms with E-state index in [-0.39, 0.29) is 29.1 Å². The maximum absolute atomic E-state index is 14.0. The van der Waals surface area contributed by atoms with E-state index in [0.717, 1.165) is 27.4 Å². The van der Waals surface area contributed by atoms with Crippen LogP contribution in [0.5, 0.6) is 5.75 Å². The van der Waals surface area contributed by atoms with Gasteiger partial charge in [0.25, 0.3) is 10.0 Å². The highest BCUT2D eigenvalue weighted by Crippen LogP contribution is 2.29. The van der Waals surface area contributed by atoms with Crippen LogP contribution < -0.4 is 14.4 Å². The number of hydrogen-bond donors (Lipinski definition) is 1. The van der Waals surface area contributed by atoms with Gasteiger partial charge in [-0.2, -0.15) is 0 Å². The van der Waals surface area contributed by atoms with Crippen molar-refractivity contribution in [2.24, 2.45) is 0 Å². The van der Waals surface area contributed by atoms with Gasteiger partial charge >= 0.3 is 0 Å². The molecule has 1 N–H and O–H groups in total. The average Bonchev–Trinajstić information content (AvgIpc) is 2.96. The first-order chi connectivity index (χ1) is 19.4. The molecule has 0 unspecified atom stereocenters. The van der Waals surface area contributed by atoms with Gasteiger partial charge in [0.05, 0.1) is 17.7 Å². The summed E-state index contributed by atoms with van der Waals surface area (Å²) in [5, 5.41) is 3.30. The Morgan fingerprint density at radius 2 is 1.61 bits per heavy atom. The van der Waals surface area contributed by atoms with E-state index in [1.54, 1.807) is 62.6 Å². The molecule has 0 saturated heterocycles. The maximum Gasteiger partial charge on any atom is 0.264 e. The molecule has 0 aliphatic heterocycles. The number of halogens is 1. The first kappa shape index (κ1) is 32.0. The van der Waals surface area contributed by atoms with Gasteiger partial charge in [0.15, 0.2) is 0 Å². The third kappa shape index (κ3) is 8.01. The average molecular weight is 600 g/mol. The van der Waals surface area contributed by atoms with Gasteiger partial charge in [-0.15, -0.1) is 0 Å². The largest absolute Gasteiger partial charge is 0.497 e. The molecule has 3 rings (SSSR count). The predicted molar refractivity (Wildman–Crippen MR) is 163 cm³/mol. The molecule has 0 radical (unpaired) electrons. The molecule has 0 spiro atoms. The van der Waals surface area contributed by atoms with E-state index >= 15 is 0 Å². The maximum atomic E-state index is 14.0. The van der Waals surface area contributed by atoms with Crippen LogP contribution in [-0.4, -0.2) is 50.9 Å². The number of methoxy groups -OCH3 is 1. The second-order valence-corrected chi connectivity index (χ2v) is 12.4. The number of hydrogen-bond acceptors (Lipinski definition) is 5. The van der Waals surface area contributed by atoms with Crippen LogP contribution in [-0.2, 0) is 26.2 Å². The van der Waals surface area contributed by atoms with Crippen molar-refractivity contribution in [3.63, 3.8) is 0 Å². The van der Waals surface area contributed by atoms with Crippen molar-refractivity contribution in [3.8, 4) is 5.75 Å². The summed E-state index contributed by atoms with van der Waals surface area (Å²) >= 11 is 6.38. The summed E-state index contributed by atoms with van der Waals surface area (Å²) in [4.78, 5) is 28.6. The monoisotopic (exact) mass is 599 g/mol. The molecule has 0 saturated carbocycles. The van der Waals surface area contributed by atoms with E-state index < -0.39 is 28.5 Å². The second-order valence-electron chi connectivity index (χ2n) is 10.1. The number of rotatable bonds is 12. The Bertz CT molecular complexity index is 1460. The molecule has 0 aliphatic carbocycles. The smallest absolute Gasteiger partial charge is 0.264 e. The van der Waals surface area contributed by atoms with E-state index in [9.17, 15) is 18.0 Å². The van der Waals surface area contributed by atoms with Crippen molar-refractivity contribution < 1.29 is 22.7 Å². The lowest BCUT2D eigenvalue weighted by Crippen LogP contribution is -2.52. The molecule has 3 aromatic rings. The molecular weight excluding hydrogens is 562 g/mol. The summed E-state index contributed by atoms with van der Waals surface area (Å²) in [6, 6.07) is 17.5. The minimum absolute atomic E-state index is 0.0388. The Morgan fingerprint density at radius 3 is 2.17 bits per heavy atom. The number of nitrogens with one attached hydrogen (secondary N) is 1. The second kappa shape index (κ2) is 13.9. The fourth-order valence-corrected chi connectivity index (χ4v) is 5.66. The summed E-state index contributed by atoms with van der Waals surface area (Å²) in [6.45, 7) is 8.71. The molecule has 8 nitrogen and oxygen atoms in total. The summed E-state index contributed by atoms with van der Waals surface area (Å²) in [5.74, 6) is -0.214. The van der Waals surface area contributed by atoms with Crippen molar-refractivity contribution in [2.45, 2.75) is 64.6 Å². The van der Waals surface area contributed by atoms with Crippen molar-refractivity contribution >= 4 is 39.1 Å². The number of amides is 2. The Morgan fingerprint density at radius 1 is 0.976 bits per heavy atom. The van der Waals surface area contributed by atoms with Crippen LogP contribution in [0.25, 0.3) is 0 Å². The lowest BCUT2D eigenvalue weighted by atomic mass is 10.1. The SMILES string of the molecule is CC[C@H](C)NC(=O)[C@H](C)N(Cc1ccc(OC)cc1)C(=O)CN(c1ccc(C)c(Cl)c1)S(=O)(=O)c1ccc(C)cc1. The number of anilines is 1. The Labute approximate surface area is 248 Å². The van der Waals surface area contributed by atoms with Crippen molar-refractivity contribution in [2.75, 3.05) is 18.0 Å². The molecular formula is C31H38ClN3O5S. The summed E-state index contributed by atoms with van der Waals surface area (Å²) in [5.41, 5.74) is 2.67. The zero-order valence-electron chi connectivity index (χ0n) is 24.3. The lowest BCUT2D eigenvalue weighted by Gasteiger charge is -2.32. The standard InChI is InChI=1S/C31H38ClN3O5S/c1-7-23(4)33-31(37)24(5)34(19-25-11-14-27(40-6)15-12-25)30(36)20-35(26-13-10-22(3)29(32)18-26)41(38,39)28-16-8-21(2)9-17-28/h8-18,23-24H,7,19-20H2,1-6H3,(H,33,37)/t23-,24-/m0/s1. The third-order valence-corrected chi connectivity index (χ3v) is 9.21. The highest BCUT2D eigenvalue weighted by atomic mass is 35.5. The molecule has 0 aromatic heterocycles. The number of carbonyl (C=O) groups excluding carboxylic acids is 2. The quantitative estimate of drug-likeness (QED) is 0.297. The van der Waals surface area contributed by atoms with E-state index in [2.05, 4.69) is 5.32 Å². The number of sulfonamides is 1. The Kier molecular flexibility index (Phi) is 10.8. The third-order valence-electron chi connectivity index (χ3n) is 7.01. The normalized spacial score (nSPS) is 12.8. The molecule has 0 aliphatic rings. The number of carbonyl (C=O) groups is 2. The van der Waals surface area contributed by atoms with Gasteiger partial charge < -0.3 is 15.0 Å². The van der Waals surface area contributed by atoms with Gasteiger partial charge in [-0.3, -0.25) is 13.9 Å². The Hall–Kier alpha value is -3.56. The lowest BCUT2D eigenvalue weighted by molar-refractivity contribution is -0.139. The van der Waals surface area contributed by atoms with Crippen molar-refractivity contribution in [1.29, 1.82) is 0 Å². The van der Waals surface area contributed by atoms with E-state index in [1.165, 1.54) is 23.1 Å². The zero-order valence-corrected chi connectivity index (χ0v) is 25.9. The summed E-state index contributed by atoms with van der Waals surface area (Å²) in [7, 11) is -2.61. The van der Waals surface area contributed by atoms with Crippen LogP contribution in [0.3, 0.4) is 0 Å². The molecule has 10 heteroatoms. The van der Waals surface area contributed by atoms with Crippen LogP contribution in [0.4, 0.5) is 5.69 Å². The van der Waals surface area contributed by atoms with Gasteiger partial charge in [0, 0.05) is 17.6 Å². The first-order valence-electron chi connectivity index (χ1n) is 13.5. The zero-order chi connectivity index (χ0) is 30.3. The van der Waals surface area contributed by atoms with Gasteiger partial charge in [-0.05, 0) is 81.6 Å². The predicted octanol–water partition coefficient (Wildman–Crippen LogP) is 5.49. The molecule has 0 heterocycles. The minimum Gasteiger partial charge on any atom is -0.497 e. The minimum atomic E-state index is -4.17.